The molecule has 0 radical (unpaired) electrons. The van der Waals surface area contributed by atoms with Crippen LogP contribution in [0.1, 0.15) is 122 Å². The molecule has 0 aliphatic heterocycles. The summed E-state index contributed by atoms with van der Waals surface area (Å²) in [6, 6.07) is 0. The highest BCUT2D eigenvalue weighted by Crippen LogP contribution is 2.14. The Balaban J connectivity index is 3.53. The van der Waals surface area contributed by atoms with Gasteiger partial charge in [0.05, 0.1) is 27.6 Å². The average Bonchev–Trinajstić information content (AvgIpc) is 2.65. The molecule has 0 fully saturated rings. The van der Waals surface area contributed by atoms with Crippen molar-refractivity contribution >= 4 is 11.9 Å². The Morgan fingerprint density at radius 3 is 1.45 bits per heavy atom. The maximum absolute atomic E-state index is 12.0. The average molecular weight is 443 g/mol. The number of esters is 1. The summed E-state index contributed by atoms with van der Waals surface area (Å²) < 4.78 is 6.00. The van der Waals surface area contributed by atoms with Gasteiger partial charge in [-0.3, -0.25) is 9.59 Å². The van der Waals surface area contributed by atoms with Crippen molar-refractivity contribution in [1.82, 2.24) is 0 Å². The Morgan fingerprint density at radius 2 is 1.10 bits per heavy atom. The van der Waals surface area contributed by atoms with Crippen LogP contribution in [0, 0.1) is 0 Å². The molecule has 5 heteroatoms. The molecule has 5 nitrogen and oxygen atoms in total. The third kappa shape index (κ3) is 23.4. The number of carboxylic acid groups (broad SMARTS) is 1. The number of likely N-dealkylation sites (N-methyl/N-ethyl adjacent to an activating group) is 1. The predicted molar refractivity (Wildman–Crippen MR) is 129 cm³/mol. The minimum atomic E-state index is -0.923. The van der Waals surface area contributed by atoms with E-state index in [0.717, 1.165) is 12.8 Å². The standard InChI is InChI=1S/C26H51NO4/c1-5-6-7-8-9-10-11-12-13-14-15-16-17-18-19-20-21-26(30)31-24(22-25(28)29)23-27(2,3)4/h24H,5-23H2,1-4H3/p+1/t24-/m1/s1. The lowest BCUT2D eigenvalue weighted by atomic mass is 10.0. The van der Waals surface area contributed by atoms with Crippen molar-refractivity contribution in [2.75, 3.05) is 27.7 Å². The number of quaternary nitrogens is 1. The molecule has 184 valence electrons. The lowest BCUT2D eigenvalue weighted by Crippen LogP contribution is -2.43. The zero-order chi connectivity index (χ0) is 23.4. The molecule has 1 atom stereocenters. The zero-order valence-corrected chi connectivity index (χ0v) is 21.1. The van der Waals surface area contributed by atoms with Crippen LogP contribution in [0.25, 0.3) is 0 Å². The van der Waals surface area contributed by atoms with Gasteiger partial charge in [-0.2, -0.15) is 0 Å². The summed E-state index contributed by atoms with van der Waals surface area (Å²) >= 11 is 0. The Hall–Kier alpha value is -1.10. The van der Waals surface area contributed by atoms with E-state index >= 15 is 0 Å². The number of carbonyl (C=O) groups is 2. The zero-order valence-electron chi connectivity index (χ0n) is 21.1. The van der Waals surface area contributed by atoms with Crippen LogP contribution in [0.4, 0.5) is 0 Å². The first-order chi connectivity index (χ1) is 14.7. The van der Waals surface area contributed by atoms with Crippen LogP contribution in [0.2, 0.25) is 0 Å². The highest BCUT2D eigenvalue weighted by atomic mass is 16.5. The smallest absolute Gasteiger partial charge is 0.307 e. The van der Waals surface area contributed by atoms with Crippen molar-refractivity contribution in [3.8, 4) is 0 Å². The van der Waals surface area contributed by atoms with Crippen LogP contribution in [-0.4, -0.2) is 55.3 Å². The van der Waals surface area contributed by atoms with Crippen LogP contribution >= 0.6 is 0 Å². The molecule has 0 aromatic carbocycles. The Bertz CT molecular complexity index is 445. The highest BCUT2D eigenvalue weighted by Gasteiger charge is 2.24. The van der Waals surface area contributed by atoms with Gasteiger partial charge >= 0.3 is 11.9 Å². The topological polar surface area (TPSA) is 63.6 Å². The number of aliphatic carboxylic acids is 1. The molecule has 0 rings (SSSR count). The number of rotatable bonds is 22. The van der Waals surface area contributed by atoms with Crippen molar-refractivity contribution in [3.05, 3.63) is 0 Å². The summed E-state index contributed by atoms with van der Waals surface area (Å²) in [5.74, 6) is -1.18. The lowest BCUT2D eigenvalue weighted by molar-refractivity contribution is -0.873. The van der Waals surface area contributed by atoms with Gasteiger partial charge in [0.1, 0.15) is 6.54 Å². The van der Waals surface area contributed by atoms with E-state index in [4.69, 9.17) is 9.84 Å². The Labute approximate surface area is 192 Å². The van der Waals surface area contributed by atoms with Crippen LogP contribution in [-0.2, 0) is 14.3 Å². The molecule has 0 unspecified atom stereocenters. The van der Waals surface area contributed by atoms with Gasteiger partial charge in [-0.1, -0.05) is 103 Å². The fourth-order valence-electron chi connectivity index (χ4n) is 4.01. The molecule has 0 bridgehead atoms. The Morgan fingerprint density at radius 1 is 0.710 bits per heavy atom. The third-order valence-electron chi connectivity index (χ3n) is 5.69. The van der Waals surface area contributed by atoms with Crippen LogP contribution < -0.4 is 0 Å². The van der Waals surface area contributed by atoms with Crippen molar-refractivity contribution < 1.29 is 23.9 Å². The molecule has 0 spiro atoms. The number of unbranched alkanes of at least 4 members (excludes halogenated alkanes) is 15. The third-order valence-corrected chi connectivity index (χ3v) is 5.69. The van der Waals surface area contributed by atoms with Gasteiger partial charge in [0.25, 0.3) is 0 Å². The van der Waals surface area contributed by atoms with Gasteiger partial charge in [-0.05, 0) is 6.42 Å². The molecule has 0 saturated carbocycles. The second kappa shape index (κ2) is 19.6. The molecule has 1 N–H and O–H groups in total. The summed E-state index contributed by atoms with van der Waals surface area (Å²) in [6.45, 7) is 2.78. The SMILES string of the molecule is CCCCCCCCCCCCCCCCCCC(=O)O[C@H](CC(=O)O)C[N+](C)(C)C. The first kappa shape index (κ1) is 29.9. The van der Waals surface area contributed by atoms with Crippen molar-refractivity contribution in [2.24, 2.45) is 0 Å². The van der Waals surface area contributed by atoms with E-state index in [1.54, 1.807) is 0 Å². The second-order valence-electron chi connectivity index (χ2n) is 10.2. The minimum absolute atomic E-state index is 0.125. The van der Waals surface area contributed by atoms with E-state index in [1.807, 2.05) is 21.1 Å². The molecule has 0 saturated heterocycles. The van der Waals surface area contributed by atoms with E-state index in [1.165, 1.54) is 89.9 Å². The number of carboxylic acids is 1. The number of hydrogen-bond acceptors (Lipinski definition) is 3. The lowest BCUT2D eigenvalue weighted by Gasteiger charge is -2.28. The van der Waals surface area contributed by atoms with Gasteiger partial charge in [0.15, 0.2) is 6.10 Å². The van der Waals surface area contributed by atoms with E-state index in [-0.39, 0.29) is 12.4 Å². The van der Waals surface area contributed by atoms with Gasteiger partial charge in [0.2, 0.25) is 0 Å². The number of nitrogens with zero attached hydrogens (tertiary/aromatic N) is 1. The van der Waals surface area contributed by atoms with E-state index in [0.29, 0.717) is 17.4 Å². The maximum Gasteiger partial charge on any atom is 0.307 e. The highest BCUT2D eigenvalue weighted by molar-refractivity contribution is 5.71. The number of carbonyl (C=O) groups excluding carboxylic acids is 1. The van der Waals surface area contributed by atoms with Gasteiger partial charge in [-0.15, -0.1) is 0 Å². The van der Waals surface area contributed by atoms with E-state index in [2.05, 4.69) is 6.92 Å². The van der Waals surface area contributed by atoms with Crippen LogP contribution in [0.5, 0.6) is 0 Å². The molecule has 0 aromatic heterocycles. The first-order valence-electron chi connectivity index (χ1n) is 13.0. The van der Waals surface area contributed by atoms with Crippen LogP contribution in [0.15, 0.2) is 0 Å². The fraction of sp³-hybridized carbons (Fsp3) is 0.923. The summed E-state index contributed by atoms with van der Waals surface area (Å²) in [6.07, 6.45) is 20.6. The molecule has 0 aliphatic carbocycles. The second-order valence-corrected chi connectivity index (χ2v) is 10.2. The number of ether oxygens (including phenoxy) is 1. The van der Waals surface area contributed by atoms with Crippen LogP contribution in [0.3, 0.4) is 0 Å². The quantitative estimate of drug-likeness (QED) is 0.115. The molecule has 0 heterocycles. The fourth-order valence-corrected chi connectivity index (χ4v) is 4.01. The molecule has 31 heavy (non-hydrogen) atoms. The summed E-state index contributed by atoms with van der Waals surface area (Å²) in [5, 5.41) is 9.02. The predicted octanol–water partition coefficient (Wildman–Crippen LogP) is 6.73. The van der Waals surface area contributed by atoms with Gasteiger partial charge in [0, 0.05) is 6.42 Å². The monoisotopic (exact) mass is 442 g/mol. The summed E-state index contributed by atoms with van der Waals surface area (Å²) in [5.41, 5.74) is 0. The van der Waals surface area contributed by atoms with E-state index < -0.39 is 12.1 Å². The summed E-state index contributed by atoms with van der Waals surface area (Å²) in [7, 11) is 5.91. The largest absolute Gasteiger partial charge is 0.481 e. The van der Waals surface area contributed by atoms with Crippen molar-refractivity contribution in [1.29, 1.82) is 0 Å². The summed E-state index contributed by atoms with van der Waals surface area (Å²) in [4.78, 5) is 23.0. The maximum atomic E-state index is 12.0. The minimum Gasteiger partial charge on any atom is -0.481 e. The Kier molecular flexibility index (Phi) is 18.9. The van der Waals surface area contributed by atoms with E-state index in [9.17, 15) is 9.59 Å². The normalized spacial score (nSPS) is 12.6. The van der Waals surface area contributed by atoms with Gasteiger partial charge in [-0.25, -0.2) is 0 Å². The van der Waals surface area contributed by atoms with Crippen molar-refractivity contribution in [2.45, 2.75) is 129 Å². The van der Waals surface area contributed by atoms with Gasteiger partial charge < -0.3 is 14.3 Å². The molecule has 0 aromatic rings. The molecule has 0 amide bonds. The van der Waals surface area contributed by atoms with Crippen molar-refractivity contribution in [3.63, 3.8) is 0 Å². The first-order valence-corrected chi connectivity index (χ1v) is 13.0. The molecular formula is C26H52NO4+. The number of hydrogen-bond donors (Lipinski definition) is 1. The molecular weight excluding hydrogens is 390 g/mol. The molecule has 0 aliphatic rings.